The molecule has 0 unspecified atom stereocenters. The highest BCUT2D eigenvalue weighted by molar-refractivity contribution is 9.10. The summed E-state index contributed by atoms with van der Waals surface area (Å²) < 4.78 is 1.21. The number of rotatable bonds is 4. The highest BCUT2D eigenvalue weighted by Gasteiger charge is 2.14. The van der Waals surface area contributed by atoms with Crippen molar-refractivity contribution in [2.75, 3.05) is 6.54 Å². The monoisotopic (exact) mass is 309 g/mol. The van der Waals surface area contributed by atoms with Gasteiger partial charge in [0.05, 0.1) is 0 Å². The molecule has 1 aromatic carbocycles. The lowest BCUT2D eigenvalue weighted by Crippen LogP contribution is -2.25. The van der Waals surface area contributed by atoms with E-state index in [1.165, 1.54) is 55.1 Å². The van der Waals surface area contributed by atoms with Gasteiger partial charge in [-0.1, -0.05) is 59.8 Å². The van der Waals surface area contributed by atoms with Gasteiger partial charge in [-0.05, 0) is 43.9 Å². The van der Waals surface area contributed by atoms with E-state index in [0.717, 1.165) is 5.92 Å². The Balaban J connectivity index is 1.84. The summed E-state index contributed by atoms with van der Waals surface area (Å²) in [5.41, 5.74) is 1.37. The predicted molar refractivity (Wildman–Crippen MR) is 81.8 cm³/mol. The third-order valence-corrected chi connectivity index (χ3v) is 4.78. The van der Waals surface area contributed by atoms with Crippen molar-refractivity contribution >= 4 is 15.9 Å². The third kappa shape index (κ3) is 4.10. The summed E-state index contributed by atoms with van der Waals surface area (Å²) in [5.74, 6) is 0.887. The van der Waals surface area contributed by atoms with Crippen molar-refractivity contribution in [1.82, 2.24) is 5.32 Å². The van der Waals surface area contributed by atoms with E-state index in [9.17, 15) is 0 Å². The van der Waals surface area contributed by atoms with E-state index < -0.39 is 0 Å². The Hall–Kier alpha value is -0.340. The zero-order valence-electron chi connectivity index (χ0n) is 11.3. The largest absolute Gasteiger partial charge is 0.310 e. The Bertz CT molecular complexity index is 356. The maximum atomic E-state index is 3.71. The zero-order chi connectivity index (χ0) is 12.8. The van der Waals surface area contributed by atoms with Gasteiger partial charge in [-0.15, -0.1) is 0 Å². The minimum atomic E-state index is 0.434. The van der Waals surface area contributed by atoms with Gasteiger partial charge in [-0.25, -0.2) is 0 Å². The number of hydrogen-bond donors (Lipinski definition) is 1. The van der Waals surface area contributed by atoms with Crippen molar-refractivity contribution in [3.05, 3.63) is 34.3 Å². The van der Waals surface area contributed by atoms with Gasteiger partial charge >= 0.3 is 0 Å². The first-order valence-electron chi connectivity index (χ1n) is 7.25. The molecule has 100 valence electrons. The first kappa shape index (κ1) is 14.1. The highest BCUT2D eigenvalue weighted by atomic mass is 79.9. The standard InChI is InChI=1S/C16H24BrN/c1-13(15-10-6-7-11-16(15)17)18-12-14-8-4-2-3-5-9-14/h6-7,10-11,13-14,18H,2-5,8-9,12H2,1H3/t13-/m0/s1. The summed E-state index contributed by atoms with van der Waals surface area (Å²) in [6.45, 7) is 3.43. The van der Waals surface area contributed by atoms with Crippen LogP contribution in [0.5, 0.6) is 0 Å². The van der Waals surface area contributed by atoms with Gasteiger partial charge in [-0.3, -0.25) is 0 Å². The summed E-state index contributed by atoms with van der Waals surface area (Å²) in [4.78, 5) is 0. The minimum absolute atomic E-state index is 0.434. The zero-order valence-corrected chi connectivity index (χ0v) is 12.9. The third-order valence-electron chi connectivity index (χ3n) is 4.06. The smallest absolute Gasteiger partial charge is 0.0303 e. The normalized spacial score (nSPS) is 19.4. The molecule has 0 aromatic heterocycles. The van der Waals surface area contributed by atoms with Crippen molar-refractivity contribution in [3.8, 4) is 0 Å². The molecule has 1 nitrogen and oxygen atoms in total. The lowest BCUT2D eigenvalue weighted by molar-refractivity contribution is 0.402. The van der Waals surface area contributed by atoms with E-state index in [2.05, 4.69) is 52.4 Å². The fourth-order valence-corrected chi connectivity index (χ4v) is 3.48. The van der Waals surface area contributed by atoms with Crippen LogP contribution in [0.2, 0.25) is 0 Å². The second-order valence-corrected chi connectivity index (χ2v) is 6.36. The Labute approximate surface area is 119 Å². The molecule has 1 saturated carbocycles. The molecule has 2 rings (SSSR count). The maximum absolute atomic E-state index is 3.71. The molecule has 2 heteroatoms. The maximum Gasteiger partial charge on any atom is 0.0303 e. The Kier molecular flexibility index (Phi) is 5.71. The molecule has 0 spiro atoms. The SMILES string of the molecule is C[C@H](NCC1CCCCCC1)c1ccccc1Br. The molecule has 0 amide bonds. The van der Waals surface area contributed by atoms with E-state index >= 15 is 0 Å². The van der Waals surface area contributed by atoms with Crippen LogP contribution in [0.4, 0.5) is 0 Å². The van der Waals surface area contributed by atoms with Crippen molar-refractivity contribution < 1.29 is 0 Å². The van der Waals surface area contributed by atoms with Crippen LogP contribution in [0.15, 0.2) is 28.7 Å². The predicted octanol–water partition coefficient (Wildman–Crippen LogP) is 5.07. The van der Waals surface area contributed by atoms with Gasteiger partial charge in [-0.2, -0.15) is 0 Å². The fourth-order valence-electron chi connectivity index (χ4n) is 2.85. The molecular weight excluding hydrogens is 286 g/mol. The quantitative estimate of drug-likeness (QED) is 0.766. The lowest BCUT2D eigenvalue weighted by atomic mass is 9.99. The van der Waals surface area contributed by atoms with Crippen LogP contribution in [0, 0.1) is 5.92 Å². The summed E-state index contributed by atoms with van der Waals surface area (Å²) in [5, 5.41) is 3.71. The van der Waals surface area contributed by atoms with E-state index in [-0.39, 0.29) is 0 Å². The van der Waals surface area contributed by atoms with Gasteiger partial charge in [0.1, 0.15) is 0 Å². The van der Waals surface area contributed by atoms with Crippen LogP contribution in [0.1, 0.15) is 57.1 Å². The van der Waals surface area contributed by atoms with Crippen molar-refractivity contribution in [1.29, 1.82) is 0 Å². The lowest BCUT2D eigenvalue weighted by Gasteiger charge is -2.20. The molecule has 0 heterocycles. The molecule has 1 atom stereocenters. The van der Waals surface area contributed by atoms with E-state index in [1.54, 1.807) is 0 Å². The molecular formula is C16H24BrN. The van der Waals surface area contributed by atoms with Crippen molar-refractivity contribution in [3.63, 3.8) is 0 Å². The molecule has 1 N–H and O–H groups in total. The number of halogens is 1. The number of benzene rings is 1. The molecule has 0 aliphatic heterocycles. The summed E-state index contributed by atoms with van der Waals surface area (Å²) in [7, 11) is 0. The number of hydrogen-bond acceptors (Lipinski definition) is 1. The van der Waals surface area contributed by atoms with E-state index in [1.807, 2.05) is 0 Å². The molecule has 0 bridgehead atoms. The minimum Gasteiger partial charge on any atom is -0.310 e. The van der Waals surface area contributed by atoms with Gasteiger partial charge < -0.3 is 5.32 Å². The average Bonchev–Trinajstić information content (AvgIpc) is 2.65. The van der Waals surface area contributed by atoms with Crippen molar-refractivity contribution in [2.24, 2.45) is 5.92 Å². The average molecular weight is 310 g/mol. The van der Waals surface area contributed by atoms with Crippen LogP contribution in [0.3, 0.4) is 0 Å². The van der Waals surface area contributed by atoms with Crippen LogP contribution in [0.25, 0.3) is 0 Å². The van der Waals surface area contributed by atoms with Gasteiger partial charge in [0.25, 0.3) is 0 Å². The topological polar surface area (TPSA) is 12.0 Å². The van der Waals surface area contributed by atoms with E-state index in [0.29, 0.717) is 6.04 Å². The second-order valence-electron chi connectivity index (χ2n) is 5.51. The fraction of sp³-hybridized carbons (Fsp3) is 0.625. The molecule has 18 heavy (non-hydrogen) atoms. The molecule has 0 radical (unpaired) electrons. The summed E-state index contributed by atoms with van der Waals surface area (Å²) in [6, 6.07) is 8.95. The van der Waals surface area contributed by atoms with Crippen molar-refractivity contribution in [2.45, 2.75) is 51.5 Å². The molecule has 1 fully saturated rings. The Morgan fingerprint density at radius 2 is 1.83 bits per heavy atom. The van der Waals surface area contributed by atoms with Gasteiger partial charge in [0, 0.05) is 10.5 Å². The van der Waals surface area contributed by atoms with Crippen LogP contribution in [-0.4, -0.2) is 6.54 Å². The summed E-state index contributed by atoms with van der Waals surface area (Å²) >= 11 is 3.64. The molecule has 1 aromatic rings. The highest BCUT2D eigenvalue weighted by Crippen LogP contribution is 2.25. The summed E-state index contributed by atoms with van der Waals surface area (Å²) in [6.07, 6.45) is 8.56. The second kappa shape index (κ2) is 7.30. The van der Waals surface area contributed by atoms with Crippen LogP contribution < -0.4 is 5.32 Å². The Morgan fingerprint density at radius 3 is 2.50 bits per heavy atom. The molecule has 1 aliphatic rings. The van der Waals surface area contributed by atoms with Crippen LogP contribution >= 0.6 is 15.9 Å². The van der Waals surface area contributed by atoms with Gasteiger partial charge in [0.2, 0.25) is 0 Å². The first-order chi connectivity index (χ1) is 8.77. The molecule has 0 saturated heterocycles. The van der Waals surface area contributed by atoms with Crippen LogP contribution in [-0.2, 0) is 0 Å². The van der Waals surface area contributed by atoms with Gasteiger partial charge in [0.15, 0.2) is 0 Å². The number of nitrogens with one attached hydrogen (secondary N) is 1. The molecule has 1 aliphatic carbocycles. The first-order valence-corrected chi connectivity index (χ1v) is 8.04. The Morgan fingerprint density at radius 1 is 1.17 bits per heavy atom. The van der Waals surface area contributed by atoms with E-state index in [4.69, 9.17) is 0 Å².